The molecule has 0 radical (unpaired) electrons. The molecule has 5 heteroatoms. The average Bonchev–Trinajstić information content (AvgIpc) is 2.86. The minimum atomic E-state index is -0.177. The first-order valence-corrected chi connectivity index (χ1v) is 7.16. The molecule has 0 aliphatic heterocycles. The summed E-state index contributed by atoms with van der Waals surface area (Å²) in [6.45, 7) is 2.27. The number of carbonyl (C=O) groups excluding carboxylic acids is 1. The second kappa shape index (κ2) is 6.58. The maximum absolute atomic E-state index is 12.0. The fraction of sp³-hybridized carbons (Fsp3) is 0.133. The van der Waals surface area contributed by atoms with Crippen LogP contribution in [0.2, 0.25) is 4.34 Å². The zero-order chi connectivity index (χ0) is 14.5. The van der Waals surface area contributed by atoms with E-state index in [-0.39, 0.29) is 5.91 Å². The van der Waals surface area contributed by atoms with Crippen LogP contribution >= 0.6 is 22.9 Å². The summed E-state index contributed by atoms with van der Waals surface area (Å²) in [5, 5.41) is 2.83. The Bertz CT molecular complexity index is 697. The van der Waals surface area contributed by atoms with E-state index in [0.717, 1.165) is 11.1 Å². The molecule has 1 aromatic heterocycles. The van der Waals surface area contributed by atoms with Crippen molar-refractivity contribution in [1.29, 1.82) is 0 Å². The summed E-state index contributed by atoms with van der Waals surface area (Å²) in [4.78, 5) is 12.6. The highest BCUT2D eigenvalue weighted by Gasteiger charge is 2.09. The second-order valence-corrected chi connectivity index (χ2v) is 5.81. The Balaban J connectivity index is 2.19. The third-order valence-corrected chi connectivity index (χ3v) is 3.85. The minimum Gasteiger partial charge on any atom is -0.321 e. The maximum atomic E-state index is 12.0. The molecule has 1 heterocycles. The largest absolute Gasteiger partial charge is 0.321 e. The molecule has 0 saturated carbocycles. The molecule has 0 aliphatic rings. The number of benzene rings is 1. The van der Waals surface area contributed by atoms with Gasteiger partial charge in [-0.15, -0.1) is 11.3 Å². The van der Waals surface area contributed by atoms with Gasteiger partial charge >= 0.3 is 0 Å². The summed E-state index contributed by atoms with van der Waals surface area (Å²) in [6, 6.07) is 9.00. The first-order valence-electron chi connectivity index (χ1n) is 5.96. The van der Waals surface area contributed by atoms with E-state index in [1.54, 1.807) is 12.1 Å². The Morgan fingerprint density at radius 3 is 2.85 bits per heavy atom. The van der Waals surface area contributed by atoms with Gasteiger partial charge in [0.05, 0.1) is 15.8 Å². The molecule has 0 aliphatic carbocycles. The average molecular weight is 305 g/mol. The van der Waals surface area contributed by atoms with Crippen LogP contribution in [0.25, 0.3) is 0 Å². The molecule has 3 nitrogen and oxygen atoms in total. The summed E-state index contributed by atoms with van der Waals surface area (Å²) >= 11 is 7.06. The summed E-state index contributed by atoms with van der Waals surface area (Å²) in [7, 11) is 0. The predicted molar refractivity (Wildman–Crippen MR) is 84.4 cm³/mol. The van der Waals surface area contributed by atoms with Crippen LogP contribution in [-0.4, -0.2) is 12.5 Å². The van der Waals surface area contributed by atoms with Crippen molar-refractivity contribution in [3.63, 3.8) is 0 Å². The third kappa shape index (κ3) is 3.61. The number of nitrogens with one attached hydrogen (secondary N) is 1. The summed E-state index contributed by atoms with van der Waals surface area (Å²) in [6.07, 6.45) is 0. The van der Waals surface area contributed by atoms with E-state index in [4.69, 9.17) is 17.3 Å². The smallest absolute Gasteiger partial charge is 0.265 e. The van der Waals surface area contributed by atoms with Crippen LogP contribution < -0.4 is 11.1 Å². The molecule has 0 spiro atoms. The van der Waals surface area contributed by atoms with Crippen LogP contribution in [0, 0.1) is 18.8 Å². The SMILES string of the molecule is Cc1ccc(NC(=O)c2ccc(Cl)s2)cc1C#CCN. The molecule has 1 amide bonds. The monoisotopic (exact) mass is 304 g/mol. The van der Waals surface area contributed by atoms with E-state index in [1.807, 2.05) is 25.1 Å². The number of hydrogen-bond acceptors (Lipinski definition) is 3. The van der Waals surface area contributed by atoms with Crippen molar-refractivity contribution >= 4 is 34.5 Å². The highest BCUT2D eigenvalue weighted by Crippen LogP contribution is 2.23. The standard InChI is InChI=1S/C15H13ClN2OS/c1-10-4-5-12(9-11(10)3-2-8-17)18-15(19)13-6-7-14(16)20-13/h4-7,9H,8,17H2,1H3,(H,18,19). The van der Waals surface area contributed by atoms with Gasteiger partial charge in [0.25, 0.3) is 5.91 Å². The van der Waals surface area contributed by atoms with Crippen LogP contribution in [-0.2, 0) is 0 Å². The summed E-state index contributed by atoms with van der Waals surface area (Å²) in [5.41, 5.74) is 7.97. The van der Waals surface area contributed by atoms with Crippen LogP contribution in [0.15, 0.2) is 30.3 Å². The van der Waals surface area contributed by atoms with E-state index in [9.17, 15) is 4.79 Å². The van der Waals surface area contributed by atoms with E-state index < -0.39 is 0 Å². The number of anilines is 1. The number of rotatable bonds is 2. The van der Waals surface area contributed by atoms with Crippen molar-refractivity contribution in [3.05, 3.63) is 50.7 Å². The molecular weight excluding hydrogens is 292 g/mol. The lowest BCUT2D eigenvalue weighted by Crippen LogP contribution is -2.10. The van der Waals surface area contributed by atoms with Crippen molar-refractivity contribution in [2.24, 2.45) is 5.73 Å². The fourth-order valence-electron chi connectivity index (χ4n) is 1.61. The summed E-state index contributed by atoms with van der Waals surface area (Å²) < 4.78 is 0.591. The van der Waals surface area contributed by atoms with Crippen molar-refractivity contribution in [3.8, 4) is 11.8 Å². The van der Waals surface area contributed by atoms with E-state index in [2.05, 4.69) is 17.2 Å². The zero-order valence-corrected chi connectivity index (χ0v) is 12.4. The van der Waals surface area contributed by atoms with Gasteiger partial charge in [-0.1, -0.05) is 29.5 Å². The molecule has 0 bridgehead atoms. The molecule has 0 atom stereocenters. The Morgan fingerprint density at radius 2 is 2.20 bits per heavy atom. The van der Waals surface area contributed by atoms with Crippen LogP contribution in [0.4, 0.5) is 5.69 Å². The number of halogens is 1. The lowest BCUT2D eigenvalue weighted by atomic mass is 10.1. The van der Waals surface area contributed by atoms with E-state index in [0.29, 0.717) is 21.4 Å². The van der Waals surface area contributed by atoms with Crippen molar-refractivity contribution in [2.45, 2.75) is 6.92 Å². The molecule has 1 aromatic carbocycles. The van der Waals surface area contributed by atoms with E-state index >= 15 is 0 Å². The van der Waals surface area contributed by atoms with Gasteiger partial charge in [0.2, 0.25) is 0 Å². The van der Waals surface area contributed by atoms with Crippen LogP contribution in [0.5, 0.6) is 0 Å². The number of amides is 1. The second-order valence-electron chi connectivity index (χ2n) is 4.09. The molecule has 0 fully saturated rings. The van der Waals surface area contributed by atoms with E-state index in [1.165, 1.54) is 11.3 Å². The van der Waals surface area contributed by atoms with Gasteiger partial charge in [-0.05, 0) is 36.8 Å². The van der Waals surface area contributed by atoms with Gasteiger partial charge in [0, 0.05) is 11.3 Å². The van der Waals surface area contributed by atoms with Gasteiger partial charge in [0.15, 0.2) is 0 Å². The Morgan fingerprint density at radius 1 is 1.40 bits per heavy atom. The quantitative estimate of drug-likeness (QED) is 0.837. The van der Waals surface area contributed by atoms with Gasteiger partial charge in [-0.25, -0.2) is 0 Å². The highest BCUT2D eigenvalue weighted by molar-refractivity contribution is 7.18. The first kappa shape index (κ1) is 14.6. The van der Waals surface area contributed by atoms with Crippen LogP contribution in [0.1, 0.15) is 20.8 Å². The first-order chi connectivity index (χ1) is 9.60. The lowest BCUT2D eigenvalue weighted by molar-refractivity contribution is 0.103. The molecule has 20 heavy (non-hydrogen) atoms. The molecule has 0 unspecified atom stereocenters. The number of nitrogens with two attached hydrogens (primary N) is 1. The molecule has 2 aromatic rings. The lowest BCUT2D eigenvalue weighted by Gasteiger charge is -2.06. The number of carbonyl (C=O) groups is 1. The zero-order valence-electron chi connectivity index (χ0n) is 10.9. The molecular formula is C15H13ClN2OS. The van der Waals surface area contributed by atoms with Gasteiger partial charge in [0.1, 0.15) is 0 Å². The highest BCUT2D eigenvalue weighted by atomic mass is 35.5. The maximum Gasteiger partial charge on any atom is 0.265 e. The number of aryl methyl sites for hydroxylation is 1. The number of hydrogen-bond donors (Lipinski definition) is 2. The van der Waals surface area contributed by atoms with Crippen molar-refractivity contribution in [2.75, 3.05) is 11.9 Å². The topological polar surface area (TPSA) is 55.1 Å². The van der Waals surface area contributed by atoms with Gasteiger partial charge in [-0.3, -0.25) is 4.79 Å². The molecule has 102 valence electrons. The predicted octanol–water partition coefficient (Wildman–Crippen LogP) is 3.27. The molecule has 3 N–H and O–H groups in total. The third-order valence-electron chi connectivity index (χ3n) is 2.62. The van der Waals surface area contributed by atoms with Crippen LogP contribution in [0.3, 0.4) is 0 Å². The Hall–Kier alpha value is -1.80. The molecule has 0 saturated heterocycles. The van der Waals surface area contributed by atoms with Crippen molar-refractivity contribution in [1.82, 2.24) is 0 Å². The summed E-state index contributed by atoms with van der Waals surface area (Å²) in [5.74, 6) is 5.62. The van der Waals surface area contributed by atoms with Gasteiger partial charge in [-0.2, -0.15) is 0 Å². The van der Waals surface area contributed by atoms with Crippen molar-refractivity contribution < 1.29 is 4.79 Å². The molecule has 2 rings (SSSR count). The normalized spacial score (nSPS) is 9.75. The minimum absolute atomic E-state index is 0.177. The van der Waals surface area contributed by atoms with Gasteiger partial charge < -0.3 is 11.1 Å². The fourth-order valence-corrected chi connectivity index (χ4v) is 2.55. The Kier molecular flexibility index (Phi) is 4.80. The number of thiophene rings is 1. The Labute approximate surface area is 126 Å².